The predicted octanol–water partition coefficient (Wildman–Crippen LogP) is 6.24. The maximum Gasteiger partial charge on any atom is 0.305 e. The van der Waals surface area contributed by atoms with Gasteiger partial charge in [0.05, 0.1) is 46.9 Å². The summed E-state index contributed by atoms with van der Waals surface area (Å²) in [6.45, 7) is 10.4. The number of aliphatic hydroxyl groups is 1. The molecule has 0 unspecified atom stereocenters. The Bertz CT molecular complexity index is 1720. The third-order valence-electron chi connectivity index (χ3n) is 9.08. The Morgan fingerprint density at radius 2 is 1.83 bits per heavy atom. The molecule has 7 nitrogen and oxygen atoms in total. The zero-order chi connectivity index (χ0) is 29.2. The van der Waals surface area contributed by atoms with Crippen LogP contribution in [0.25, 0.3) is 0 Å². The first-order valence-corrected chi connectivity index (χ1v) is 14.2. The van der Waals surface area contributed by atoms with Crippen molar-refractivity contribution in [3.63, 3.8) is 0 Å². The summed E-state index contributed by atoms with van der Waals surface area (Å²) < 4.78 is 4.96. The van der Waals surface area contributed by atoms with Crippen molar-refractivity contribution in [2.75, 3.05) is 7.11 Å². The summed E-state index contributed by atoms with van der Waals surface area (Å²) in [7, 11) is 1.41. The van der Waals surface area contributed by atoms with E-state index in [0.29, 0.717) is 25.0 Å². The molecule has 2 N–H and O–H groups in total. The average Bonchev–Trinajstić information content (AvgIpc) is 3.70. The second-order valence-corrected chi connectivity index (χ2v) is 11.3. The Hall–Kier alpha value is -4.44. The first kappa shape index (κ1) is 26.8. The molecule has 0 amide bonds. The monoisotopic (exact) mass is 546 g/mol. The summed E-state index contributed by atoms with van der Waals surface area (Å²) in [6, 6.07) is 0. The number of carbonyl (C=O) groups is 1. The van der Waals surface area contributed by atoms with Crippen molar-refractivity contribution >= 4 is 23.1 Å². The van der Waals surface area contributed by atoms with E-state index in [-0.39, 0.29) is 17.8 Å². The third-order valence-corrected chi connectivity index (χ3v) is 9.08. The van der Waals surface area contributed by atoms with E-state index in [0.717, 1.165) is 91.1 Å². The fourth-order valence-electron chi connectivity index (χ4n) is 6.66. The van der Waals surface area contributed by atoms with E-state index >= 15 is 0 Å². The molecule has 6 aliphatic rings. The topological polar surface area (TPSA) is 95.6 Å². The first-order valence-electron chi connectivity index (χ1n) is 14.2. The van der Waals surface area contributed by atoms with Crippen molar-refractivity contribution in [2.24, 2.45) is 26.8 Å². The number of nitrogens with one attached hydrogen (secondary N) is 1. The number of nitrogens with zero attached hydrogens (tertiary/aromatic N) is 3. The minimum atomic E-state index is -0.242. The van der Waals surface area contributed by atoms with Gasteiger partial charge in [-0.15, -0.1) is 6.42 Å². The molecule has 8 bridgehead atoms. The van der Waals surface area contributed by atoms with Gasteiger partial charge in [0, 0.05) is 47.2 Å². The van der Waals surface area contributed by atoms with Gasteiger partial charge >= 0.3 is 5.97 Å². The lowest BCUT2D eigenvalue weighted by Crippen LogP contribution is -2.16. The number of fused-ring (bicyclic) bond motifs is 5. The molecular weight excluding hydrogens is 512 g/mol. The molecule has 208 valence electrons. The second-order valence-electron chi connectivity index (χ2n) is 11.3. The van der Waals surface area contributed by atoms with Crippen molar-refractivity contribution in [3.05, 3.63) is 91.5 Å². The van der Waals surface area contributed by atoms with E-state index in [1.165, 1.54) is 7.11 Å². The largest absolute Gasteiger partial charge is 0.511 e. The standard InChI is InChI=1S/C34H34N4O3/c1-8-20-16(3)24-13-26-18(5)22(10-11-31(40)41-7)33(37-26)23-12-30(39)32-19(6)27(38-34(23)32)15-29-21(9-2)17(4)25(36-29)14-28(20)35-24/h1,13-15,18,22,37,39H,9-12H2,2-7H3/t18-,22-/m0/s1. The molecule has 0 saturated carbocycles. The molecule has 41 heavy (non-hydrogen) atoms. The molecule has 5 aliphatic heterocycles. The highest BCUT2D eigenvalue weighted by molar-refractivity contribution is 6.21. The highest BCUT2D eigenvalue weighted by Gasteiger charge is 2.41. The zero-order valence-corrected chi connectivity index (χ0v) is 24.4. The molecule has 0 spiro atoms. The Balaban J connectivity index is 1.60. The van der Waals surface area contributed by atoms with E-state index < -0.39 is 0 Å². The third kappa shape index (κ3) is 4.12. The minimum Gasteiger partial charge on any atom is -0.511 e. The van der Waals surface area contributed by atoms with Crippen molar-refractivity contribution in [3.8, 4) is 12.3 Å². The van der Waals surface area contributed by atoms with Gasteiger partial charge in [-0.25, -0.2) is 15.0 Å². The molecule has 0 aromatic carbocycles. The summed E-state index contributed by atoms with van der Waals surface area (Å²) in [5.41, 5.74) is 13.5. The highest BCUT2D eigenvalue weighted by Crippen LogP contribution is 2.46. The summed E-state index contributed by atoms with van der Waals surface area (Å²) in [4.78, 5) is 27.2. The number of carbonyl (C=O) groups excluding carboxylic acids is 1. The number of aliphatic hydroxyl groups excluding tert-OH is 1. The summed E-state index contributed by atoms with van der Waals surface area (Å²) >= 11 is 0. The Kier molecular flexibility index (Phi) is 6.45. The van der Waals surface area contributed by atoms with Crippen LogP contribution in [0.15, 0.2) is 106 Å². The number of terminal acetylenes is 1. The van der Waals surface area contributed by atoms with Crippen LogP contribution in [0.3, 0.4) is 0 Å². The minimum absolute atomic E-state index is 0.0100. The normalized spacial score (nSPS) is 24.8. The van der Waals surface area contributed by atoms with Gasteiger partial charge in [-0.3, -0.25) is 4.79 Å². The van der Waals surface area contributed by atoms with Crippen LogP contribution in [0.1, 0.15) is 60.3 Å². The zero-order valence-electron chi connectivity index (χ0n) is 24.4. The van der Waals surface area contributed by atoms with Gasteiger partial charge in [0.15, 0.2) is 0 Å². The van der Waals surface area contributed by atoms with Gasteiger partial charge in [0.25, 0.3) is 0 Å². The molecular formula is C34H34N4O3. The van der Waals surface area contributed by atoms with Crippen LogP contribution in [-0.4, -0.2) is 35.3 Å². The Morgan fingerprint density at radius 1 is 1.10 bits per heavy atom. The van der Waals surface area contributed by atoms with Crippen molar-refractivity contribution in [2.45, 2.75) is 60.3 Å². The summed E-state index contributed by atoms with van der Waals surface area (Å²) in [6.07, 6.45) is 14.2. The SMILES string of the molecule is C#CC1=C(C)C2=NC1=CC1=NC(=CC3=C(C)C4=C(O)CC(=C5NC(=C2)[C@@H](C)[C@@H]5CCC(=O)OC)C4=N3)C(CC)=C1C. The van der Waals surface area contributed by atoms with Crippen molar-refractivity contribution in [1.29, 1.82) is 0 Å². The Labute approximate surface area is 241 Å². The second kappa shape index (κ2) is 9.88. The molecule has 1 fully saturated rings. The van der Waals surface area contributed by atoms with Crippen LogP contribution in [0.5, 0.6) is 0 Å². The molecule has 1 saturated heterocycles. The number of methoxy groups -OCH3 is 1. The number of ether oxygens (including phenoxy) is 1. The van der Waals surface area contributed by atoms with Gasteiger partial charge in [-0.1, -0.05) is 19.8 Å². The average molecular weight is 547 g/mol. The van der Waals surface area contributed by atoms with Gasteiger partial charge in [0.2, 0.25) is 0 Å². The maximum absolute atomic E-state index is 12.2. The van der Waals surface area contributed by atoms with Crippen molar-refractivity contribution in [1.82, 2.24) is 5.32 Å². The van der Waals surface area contributed by atoms with E-state index in [1.54, 1.807) is 0 Å². The summed E-state index contributed by atoms with van der Waals surface area (Å²) in [5.74, 6) is 3.01. The lowest BCUT2D eigenvalue weighted by Gasteiger charge is -2.17. The van der Waals surface area contributed by atoms with Crippen molar-refractivity contribution < 1.29 is 14.6 Å². The van der Waals surface area contributed by atoms with Crippen LogP contribution in [0, 0.1) is 24.2 Å². The Morgan fingerprint density at radius 3 is 2.54 bits per heavy atom. The molecule has 1 aliphatic carbocycles. The number of rotatable bonds is 4. The van der Waals surface area contributed by atoms with Gasteiger partial charge in [0.1, 0.15) is 5.76 Å². The van der Waals surface area contributed by atoms with Crippen LogP contribution in [0.2, 0.25) is 0 Å². The van der Waals surface area contributed by atoms with Crippen LogP contribution < -0.4 is 5.32 Å². The van der Waals surface area contributed by atoms with Crippen LogP contribution >= 0.6 is 0 Å². The lowest BCUT2D eigenvalue weighted by atomic mass is 9.86. The number of hydrogen-bond acceptors (Lipinski definition) is 7. The van der Waals surface area contributed by atoms with Gasteiger partial charge < -0.3 is 15.2 Å². The molecule has 0 aromatic rings. The van der Waals surface area contributed by atoms with E-state index in [9.17, 15) is 9.90 Å². The molecule has 0 aromatic heterocycles. The number of allylic oxidation sites excluding steroid dienone is 12. The van der Waals surface area contributed by atoms with Crippen LogP contribution in [-0.2, 0) is 9.53 Å². The van der Waals surface area contributed by atoms with E-state index in [2.05, 4.69) is 38.1 Å². The fourth-order valence-corrected chi connectivity index (χ4v) is 6.66. The number of aliphatic imine (C=N–C) groups is 3. The van der Waals surface area contributed by atoms with E-state index in [1.807, 2.05) is 26.0 Å². The molecule has 0 radical (unpaired) electrons. The highest BCUT2D eigenvalue weighted by atomic mass is 16.5. The fraction of sp³-hybridized carbons (Fsp3) is 0.353. The summed E-state index contributed by atoms with van der Waals surface area (Å²) in [5, 5.41) is 14.8. The molecule has 7 heteroatoms. The van der Waals surface area contributed by atoms with E-state index in [4.69, 9.17) is 26.1 Å². The molecule has 6 rings (SSSR count). The maximum atomic E-state index is 12.2. The van der Waals surface area contributed by atoms with Gasteiger partial charge in [-0.2, -0.15) is 0 Å². The molecule has 5 heterocycles. The molecule has 2 atom stereocenters. The smallest absolute Gasteiger partial charge is 0.305 e. The van der Waals surface area contributed by atoms with Gasteiger partial charge in [-0.05, 0) is 74.1 Å². The first-order chi connectivity index (χ1) is 19.7. The predicted molar refractivity (Wildman–Crippen MR) is 162 cm³/mol. The lowest BCUT2D eigenvalue weighted by molar-refractivity contribution is -0.140. The number of hydrogen-bond donors (Lipinski definition) is 2. The van der Waals surface area contributed by atoms with Crippen LogP contribution in [0.4, 0.5) is 0 Å². The quantitative estimate of drug-likeness (QED) is 0.322. The number of esters is 1.